The van der Waals surface area contributed by atoms with E-state index in [0.717, 1.165) is 0 Å². The van der Waals surface area contributed by atoms with Crippen molar-refractivity contribution in [2.45, 2.75) is 21.5 Å². The Balaban J connectivity index is 1.36. The number of carbonyl (C=O) groups is 3. The van der Waals surface area contributed by atoms with E-state index in [1.165, 1.54) is 40.2 Å². The van der Waals surface area contributed by atoms with Gasteiger partial charge in [0.25, 0.3) is 5.91 Å². The van der Waals surface area contributed by atoms with Crippen LogP contribution in [0.15, 0.2) is 57.7 Å². The van der Waals surface area contributed by atoms with Crippen LogP contribution in [0.1, 0.15) is 0 Å². The van der Waals surface area contributed by atoms with Crippen LogP contribution in [0.25, 0.3) is 0 Å². The first-order chi connectivity index (χ1) is 18.2. The van der Waals surface area contributed by atoms with E-state index in [4.69, 9.17) is 28.9 Å². The highest BCUT2D eigenvalue weighted by Gasteiger charge is 2.53. The highest BCUT2D eigenvalue weighted by atomic mass is 35.5. The average Bonchev–Trinajstić information content (AvgIpc) is 2.89. The van der Waals surface area contributed by atoms with Gasteiger partial charge in [0, 0.05) is 34.5 Å². The van der Waals surface area contributed by atoms with E-state index in [-0.39, 0.29) is 17.4 Å². The number of amides is 2. The van der Waals surface area contributed by atoms with E-state index in [9.17, 15) is 19.5 Å². The fraction of sp³-hybridized carbons (Fsp3) is 0.261. The Morgan fingerprint density at radius 2 is 2.08 bits per heavy atom. The van der Waals surface area contributed by atoms with Crippen LogP contribution >= 0.6 is 58.5 Å². The van der Waals surface area contributed by atoms with Crippen LogP contribution in [-0.4, -0.2) is 73.5 Å². The summed E-state index contributed by atoms with van der Waals surface area (Å²) >= 11 is 16.1. The SMILES string of the molecule is CNc1cc(N)nc(SC/C=C/C2=C(C(=O)O)N3C(=O)[C@@H](NC(=O)CSc4cc(Cl)ccc4Cl)C3SC2)n1. The van der Waals surface area contributed by atoms with Crippen molar-refractivity contribution in [1.82, 2.24) is 20.2 Å². The molecule has 2 aromatic rings. The van der Waals surface area contributed by atoms with Crippen molar-refractivity contribution in [2.75, 3.05) is 35.4 Å². The van der Waals surface area contributed by atoms with Crippen LogP contribution in [-0.2, 0) is 14.4 Å². The zero-order valence-corrected chi connectivity index (χ0v) is 23.8. The molecule has 1 aromatic carbocycles. The number of benzene rings is 1. The number of carboxylic acids is 1. The predicted octanol–water partition coefficient (Wildman–Crippen LogP) is 3.59. The number of carboxylic acid groups (broad SMARTS) is 1. The molecule has 2 atom stereocenters. The molecule has 1 saturated heterocycles. The number of nitrogens with two attached hydrogens (primary N) is 1. The summed E-state index contributed by atoms with van der Waals surface area (Å²) in [5.41, 5.74) is 6.21. The van der Waals surface area contributed by atoms with E-state index < -0.39 is 23.3 Å². The molecule has 4 rings (SSSR count). The second kappa shape index (κ2) is 12.5. The van der Waals surface area contributed by atoms with Crippen molar-refractivity contribution < 1.29 is 19.5 Å². The lowest BCUT2D eigenvalue weighted by Crippen LogP contribution is -2.70. The normalized spacial score (nSPS) is 18.8. The van der Waals surface area contributed by atoms with Crippen molar-refractivity contribution in [2.24, 2.45) is 0 Å². The molecule has 0 bridgehead atoms. The third-order valence-electron chi connectivity index (χ3n) is 5.38. The molecule has 2 amide bonds. The molecule has 2 aliphatic heterocycles. The summed E-state index contributed by atoms with van der Waals surface area (Å²) in [5, 5.41) is 16.4. The first kappa shape index (κ1) is 28.4. The number of aliphatic carboxylic acids is 1. The maximum absolute atomic E-state index is 12.9. The van der Waals surface area contributed by atoms with Crippen LogP contribution < -0.4 is 16.4 Å². The van der Waals surface area contributed by atoms with Gasteiger partial charge in [0.2, 0.25) is 5.91 Å². The Hall–Kier alpha value is -2.58. The number of carbonyl (C=O) groups excluding carboxylic acids is 2. The molecular weight excluding hydrogens is 591 g/mol. The summed E-state index contributed by atoms with van der Waals surface area (Å²) in [6.07, 6.45) is 3.48. The maximum Gasteiger partial charge on any atom is 0.352 e. The molecule has 2 aliphatic rings. The zero-order valence-electron chi connectivity index (χ0n) is 19.8. The lowest BCUT2D eigenvalue weighted by molar-refractivity contribution is -0.150. The van der Waals surface area contributed by atoms with Gasteiger partial charge in [-0.2, -0.15) is 0 Å². The Morgan fingerprint density at radius 1 is 1.29 bits per heavy atom. The fourth-order valence-corrected chi connectivity index (χ4v) is 6.96. The number of rotatable bonds is 10. The molecule has 1 fully saturated rings. The summed E-state index contributed by atoms with van der Waals surface area (Å²) < 4.78 is 0. The van der Waals surface area contributed by atoms with Gasteiger partial charge < -0.3 is 21.5 Å². The molecule has 3 heterocycles. The van der Waals surface area contributed by atoms with Gasteiger partial charge in [0.05, 0.1) is 10.8 Å². The van der Waals surface area contributed by atoms with Crippen LogP contribution in [0.5, 0.6) is 0 Å². The number of anilines is 2. The summed E-state index contributed by atoms with van der Waals surface area (Å²) in [6, 6.07) is 5.77. The van der Waals surface area contributed by atoms with Crippen LogP contribution in [0.4, 0.5) is 11.6 Å². The van der Waals surface area contributed by atoms with Gasteiger partial charge >= 0.3 is 5.97 Å². The van der Waals surface area contributed by atoms with Gasteiger partial charge in [0.15, 0.2) is 5.16 Å². The van der Waals surface area contributed by atoms with Gasteiger partial charge in [0.1, 0.15) is 28.7 Å². The van der Waals surface area contributed by atoms with Crippen LogP contribution in [0, 0.1) is 0 Å². The number of nitrogens with zero attached hydrogens (tertiary/aromatic N) is 3. The quantitative estimate of drug-likeness (QED) is 0.177. The number of nitrogen functional groups attached to an aromatic ring is 1. The van der Waals surface area contributed by atoms with E-state index in [1.807, 2.05) is 0 Å². The summed E-state index contributed by atoms with van der Waals surface area (Å²) in [7, 11) is 1.73. The van der Waals surface area contributed by atoms with Crippen molar-refractivity contribution in [3.8, 4) is 0 Å². The number of hydrogen-bond donors (Lipinski definition) is 4. The van der Waals surface area contributed by atoms with E-state index in [2.05, 4.69) is 20.6 Å². The van der Waals surface area contributed by atoms with Crippen molar-refractivity contribution >= 4 is 87.9 Å². The van der Waals surface area contributed by atoms with E-state index in [1.54, 1.807) is 43.5 Å². The number of thioether (sulfide) groups is 3. The smallest absolute Gasteiger partial charge is 0.352 e. The van der Waals surface area contributed by atoms with E-state index in [0.29, 0.717) is 48.8 Å². The molecule has 0 radical (unpaired) electrons. The zero-order chi connectivity index (χ0) is 27.4. The minimum absolute atomic E-state index is 0.0289. The Kier molecular flexibility index (Phi) is 9.36. The molecule has 5 N–H and O–H groups in total. The lowest BCUT2D eigenvalue weighted by Gasteiger charge is -2.49. The number of β-lactam (4-membered cyclic amide) rings is 1. The molecule has 38 heavy (non-hydrogen) atoms. The molecule has 15 heteroatoms. The van der Waals surface area contributed by atoms with E-state index >= 15 is 0 Å². The topological polar surface area (TPSA) is 151 Å². The molecule has 1 aromatic heterocycles. The highest BCUT2D eigenvalue weighted by Crippen LogP contribution is 2.41. The molecule has 0 saturated carbocycles. The largest absolute Gasteiger partial charge is 0.477 e. The fourth-order valence-electron chi connectivity index (χ4n) is 3.67. The predicted molar refractivity (Wildman–Crippen MR) is 153 cm³/mol. The third-order valence-corrected chi connectivity index (χ3v) is 9.21. The Bertz CT molecular complexity index is 1340. The highest BCUT2D eigenvalue weighted by molar-refractivity contribution is 8.00. The number of aromatic nitrogens is 2. The standard InChI is InChI=1S/C23H22Cl2N6O4S3/c1-27-16-8-15(26)28-23(29-16)36-6-2-3-11-9-38-21-18(20(33)31(21)19(11)22(34)35)30-17(32)10-37-14-7-12(24)4-5-13(14)25/h2-5,7-8,18,21H,6,9-10H2,1H3,(H,30,32)(H,34,35)(H3,26,27,28,29)/b3-2+/t18-,21?/m1/s1. The van der Waals surface area contributed by atoms with Gasteiger partial charge in [-0.3, -0.25) is 14.5 Å². The second-order valence-corrected chi connectivity index (χ2v) is 11.9. The second-order valence-electron chi connectivity index (χ2n) is 7.92. The van der Waals surface area contributed by atoms with Gasteiger partial charge in [-0.15, -0.1) is 23.5 Å². The summed E-state index contributed by atoms with van der Waals surface area (Å²) in [4.78, 5) is 47.8. The van der Waals surface area contributed by atoms with Gasteiger partial charge in [-0.25, -0.2) is 14.8 Å². The third kappa shape index (κ3) is 6.52. The van der Waals surface area contributed by atoms with Crippen LogP contribution in [0.2, 0.25) is 10.0 Å². The molecule has 1 unspecified atom stereocenters. The average molecular weight is 614 g/mol. The number of hydrogen-bond acceptors (Lipinski definition) is 10. The first-order valence-corrected chi connectivity index (χ1v) is 14.9. The van der Waals surface area contributed by atoms with Crippen molar-refractivity contribution in [3.05, 3.63) is 57.7 Å². The van der Waals surface area contributed by atoms with Crippen molar-refractivity contribution in [1.29, 1.82) is 0 Å². The van der Waals surface area contributed by atoms with Crippen molar-refractivity contribution in [3.63, 3.8) is 0 Å². The molecule has 0 spiro atoms. The molecule has 10 nitrogen and oxygen atoms in total. The van der Waals surface area contributed by atoms with Crippen LogP contribution in [0.3, 0.4) is 0 Å². The first-order valence-electron chi connectivity index (χ1n) is 11.1. The lowest BCUT2D eigenvalue weighted by atomic mass is 10.0. The maximum atomic E-state index is 12.9. The number of halogens is 2. The Morgan fingerprint density at radius 3 is 2.82 bits per heavy atom. The van der Waals surface area contributed by atoms with Gasteiger partial charge in [-0.1, -0.05) is 47.1 Å². The summed E-state index contributed by atoms with van der Waals surface area (Å²) in [5.74, 6) is -0.227. The minimum Gasteiger partial charge on any atom is -0.477 e. The van der Waals surface area contributed by atoms with Gasteiger partial charge in [-0.05, 0) is 23.8 Å². The number of nitrogens with one attached hydrogen (secondary N) is 2. The number of fused-ring (bicyclic) bond motifs is 1. The molecular formula is C23H22Cl2N6O4S3. The minimum atomic E-state index is -1.20. The molecule has 0 aliphatic carbocycles. The monoisotopic (exact) mass is 612 g/mol. The molecule has 200 valence electrons. The summed E-state index contributed by atoms with van der Waals surface area (Å²) in [6.45, 7) is 0. The Labute approximate surface area is 241 Å². The number of allylic oxidation sites excluding steroid dienone is 1.